The van der Waals surface area contributed by atoms with Crippen LogP contribution in [0.15, 0.2) is 61.2 Å². The monoisotopic (exact) mass is 375 g/mol. The van der Waals surface area contributed by atoms with E-state index in [9.17, 15) is 4.79 Å². The van der Waals surface area contributed by atoms with Crippen molar-refractivity contribution < 1.29 is 9.53 Å². The van der Waals surface area contributed by atoms with Crippen LogP contribution in [0.4, 0.5) is 0 Å². The minimum atomic E-state index is -1.11. The van der Waals surface area contributed by atoms with E-state index in [1.54, 1.807) is 24.3 Å². The van der Waals surface area contributed by atoms with Crippen molar-refractivity contribution >= 4 is 29.1 Å². The van der Waals surface area contributed by atoms with Crippen molar-refractivity contribution in [3.05, 3.63) is 82.4 Å². The van der Waals surface area contributed by atoms with E-state index in [2.05, 4.69) is 6.58 Å². The molecule has 3 nitrogen and oxygen atoms in total. The third-order valence-electron chi connectivity index (χ3n) is 4.38. The number of morpholine rings is 1. The zero-order chi connectivity index (χ0) is 17.9. The van der Waals surface area contributed by atoms with Gasteiger partial charge in [-0.05, 0) is 23.3 Å². The van der Waals surface area contributed by atoms with Crippen molar-refractivity contribution in [1.29, 1.82) is 0 Å². The Kier molecular flexibility index (Phi) is 5.48. The molecule has 1 heterocycles. The molecule has 1 fully saturated rings. The third-order valence-corrected chi connectivity index (χ3v) is 5.12. The van der Waals surface area contributed by atoms with E-state index in [4.69, 9.17) is 27.9 Å². The average Bonchev–Trinajstić information content (AvgIpc) is 2.62. The fourth-order valence-corrected chi connectivity index (χ4v) is 3.42. The van der Waals surface area contributed by atoms with Gasteiger partial charge in [0.2, 0.25) is 0 Å². The van der Waals surface area contributed by atoms with Crippen LogP contribution in [0.2, 0.25) is 10.0 Å². The molecule has 2 aromatic rings. The van der Waals surface area contributed by atoms with Gasteiger partial charge in [-0.15, -0.1) is 6.58 Å². The number of hydrogen-bond donors (Lipinski definition) is 0. The molecule has 5 heteroatoms. The topological polar surface area (TPSA) is 29.5 Å². The summed E-state index contributed by atoms with van der Waals surface area (Å²) >= 11 is 12.2. The van der Waals surface area contributed by atoms with Crippen molar-refractivity contribution in [1.82, 2.24) is 4.90 Å². The standard InChI is InChI=1S/C20H19Cl2NO2/c1-2-10-20(16-8-9-17(21)18(22)13-16)19(24)23(11-12-25-20)14-15-6-4-3-5-7-15/h2-9,13H,1,10-12,14H2. The van der Waals surface area contributed by atoms with Crippen LogP contribution in [-0.2, 0) is 21.7 Å². The molecule has 1 amide bonds. The predicted molar refractivity (Wildman–Crippen MR) is 101 cm³/mol. The maximum Gasteiger partial charge on any atom is 0.260 e. The molecule has 130 valence electrons. The fourth-order valence-electron chi connectivity index (χ4n) is 3.12. The Balaban J connectivity index is 1.95. The molecule has 0 N–H and O–H groups in total. The smallest absolute Gasteiger partial charge is 0.260 e. The predicted octanol–water partition coefficient (Wildman–Crippen LogP) is 4.82. The number of nitrogens with zero attached hydrogens (tertiary/aromatic N) is 1. The minimum absolute atomic E-state index is 0.0825. The highest BCUT2D eigenvalue weighted by molar-refractivity contribution is 6.42. The summed E-state index contributed by atoms with van der Waals surface area (Å²) in [6, 6.07) is 15.1. The number of ether oxygens (including phenoxy) is 1. The first-order valence-corrected chi connectivity index (χ1v) is 8.86. The van der Waals surface area contributed by atoms with Gasteiger partial charge in [-0.3, -0.25) is 4.79 Å². The van der Waals surface area contributed by atoms with E-state index < -0.39 is 5.60 Å². The molecule has 0 spiro atoms. The summed E-state index contributed by atoms with van der Waals surface area (Å²) in [5.41, 5.74) is 0.673. The first-order valence-electron chi connectivity index (χ1n) is 8.10. The molecule has 1 atom stereocenters. The molecule has 0 radical (unpaired) electrons. The average molecular weight is 376 g/mol. The molecule has 1 saturated heterocycles. The third kappa shape index (κ3) is 3.59. The molecule has 0 bridgehead atoms. The lowest BCUT2D eigenvalue weighted by Crippen LogP contribution is -2.54. The van der Waals surface area contributed by atoms with Crippen LogP contribution < -0.4 is 0 Å². The second-order valence-electron chi connectivity index (χ2n) is 6.01. The van der Waals surface area contributed by atoms with E-state index >= 15 is 0 Å². The Hall–Kier alpha value is -1.81. The van der Waals surface area contributed by atoms with E-state index in [0.29, 0.717) is 41.7 Å². The Morgan fingerprint density at radius 1 is 1.16 bits per heavy atom. The van der Waals surface area contributed by atoms with Gasteiger partial charge in [0, 0.05) is 19.5 Å². The summed E-state index contributed by atoms with van der Waals surface area (Å²) in [6.45, 7) is 5.34. The second kappa shape index (κ2) is 7.61. The van der Waals surface area contributed by atoms with E-state index in [0.717, 1.165) is 5.56 Å². The van der Waals surface area contributed by atoms with E-state index in [-0.39, 0.29) is 5.91 Å². The van der Waals surface area contributed by atoms with E-state index in [1.165, 1.54) is 0 Å². The second-order valence-corrected chi connectivity index (χ2v) is 6.82. The van der Waals surface area contributed by atoms with Gasteiger partial charge in [0.1, 0.15) is 0 Å². The Bertz CT molecular complexity index is 779. The Morgan fingerprint density at radius 2 is 1.92 bits per heavy atom. The summed E-state index contributed by atoms with van der Waals surface area (Å²) in [4.78, 5) is 15.1. The van der Waals surface area contributed by atoms with Crippen LogP contribution >= 0.6 is 23.2 Å². The van der Waals surface area contributed by atoms with Crippen LogP contribution in [0.5, 0.6) is 0 Å². The number of rotatable bonds is 5. The molecule has 0 aromatic heterocycles. The van der Waals surface area contributed by atoms with Gasteiger partial charge >= 0.3 is 0 Å². The first kappa shape index (κ1) is 18.0. The number of amides is 1. The summed E-state index contributed by atoms with van der Waals surface area (Å²) in [5.74, 6) is -0.0825. The molecule has 1 aliphatic rings. The highest BCUT2D eigenvalue weighted by Crippen LogP contribution is 2.38. The SMILES string of the molecule is C=CCC1(c2ccc(Cl)c(Cl)c2)OCCN(Cc2ccccc2)C1=O. The number of benzene rings is 2. The van der Waals surface area contributed by atoms with E-state index in [1.807, 2.05) is 35.2 Å². The van der Waals surface area contributed by atoms with Crippen LogP contribution in [0, 0.1) is 0 Å². The van der Waals surface area contributed by atoms with Crippen LogP contribution in [0.3, 0.4) is 0 Å². The quantitative estimate of drug-likeness (QED) is 0.700. The highest BCUT2D eigenvalue weighted by atomic mass is 35.5. The molecular formula is C20H19Cl2NO2. The highest BCUT2D eigenvalue weighted by Gasteiger charge is 2.46. The van der Waals surface area contributed by atoms with Gasteiger partial charge in [0.05, 0.1) is 16.7 Å². The normalized spacial score (nSPS) is 20.6. The number of hydrogen-bond acceptors (Lipinski definition) is 2. The molecule has 2 aromatic carbocycles. The van der Waals surface area contributed by atoms with Crippen molar-refractivity contribution in [2.75, 3.05) is 13.2 Å². The minimum Gasteiger partial charge on any atom is -0.358 e. The van der Waals surface area contributed by atoms with Crippen LogP contribution in [0.1, 0.15) is 17.5 Å². The Morgan fingerprint density at radius 3 is 2.60 bits per heavy atom. The summed E-state index contributed by atoms with van der Waals surface area (Å²) in [5, 5.41) is 0.850. The lowest BCUT2D eigenvalue weighted by molar-refractivity contribution is -0.174. The Labute approximate surface area is 157 Å². The van der Waals surface area contributed by atoms with Gasteiger partial charge in [-0.2, -0.15) is 0 Å². The van der Waals surface area contributed by atoms with Gasteiger partial charge in [-0.1, -0.05) is 65.7 Å². The van der Waals surface area contributed by atoms with Gasteiger partial charge in [0.25, 0.3) is 5.91 Å². The molecule has 25 heavy (non-hydrogen) atoms. The van der Waals surface area contributed by atoms with Crippen molar-refractivity contribution in [3.8, 4) is 0 Å². The molecular weight excluding hydrogens is 357 g/mol. The van der Waals surface area contributed by atoms with Gasteiger partial charge in [-0.25, -0.2) is 0 Å². The lowest BCUT2D eigenvalue weighted by Gasteiger charge is -2.41. The molecule has 0 saturated carbocycles. The van der Waals surface area contributed by atoms with Crippen molar-refractivity contribution in [2.24, 2.45) is 0 Å². The van der Waals surface area contributed by atoms with Gasteiger partial charge in [0.15, 0.2) is 5.60 Å². The molecule has 0 aliphatic carbocycles. The molecule has 3 rings (SSSR count). The summed E-state index contributed by atoms with van der Waals surface area (Å²) < 4.78 is 6.00. The number of carbonyl (C=O) groups excluding carboxylic acids is 1. The fraction of sp³-hybridized carbons (Fsp3) is 0.250. The zero-order valence-electron chi connectivity index (χ0n) is 13.8. The number of halogens is 2. The van der Waals surface area contributed by atoms with Gasteiger partial charge < -0.3 is 9.64 Å². The zero-order valence-corrected chi connectivity index (χ0v) is 15.3. The largest absolute Gasteiger partial charge is 0.358 e. The summed E-state index contributed by atoms with van der Waals surface area (Å²) in [6.07, 6.45) is 2.07. The van der Waals surface area contributed by atoms with Crippen LogP contribution in [0.25, 0.3) is 0 Å². The summed E-state index contributed by atoms with van der Waals surface area (Å²) in [7, 11) is 0. The molecule has 1 unspecified atom stereocenters. The number of carbonyl (C=O) groups is 1. The molecule has 1 aliphatic heterocycles. The maximum atomic E-state index is 13.3. The van der Waals surface area contributed by atoms with Crippen molar-refractivity contribution in [2.45, 2.75) is 18.6 Å². The lowest BCUT2D eigenvalue weighted by atomic mass is 9.87. The maximum absolute atomic E-state index is 13.3. The first-order chi connectivity index (χ1) is 12.1. The van der Waals surface area contributed by atoms with Crippen LogP contribution in [-0.4, -0.2) is 24.0 Å². The van der Waals surface area contributed by atoms with Crippen molar-refractivity contribution in [3.63, 3.8) is 0 Å².